The topological polar surface area (TPSA) is 106 Å². The Morgan fingerprint density at radius 2 is 1.66 bits per heavy atom. The third-order valence-corrected chi connectivity index (χ3v) is 11.5. The van der Waals surface area contributed by atoms with Crippen molar-refractivity contribution in [2.45, 2.75) is 75.0 Å². The summed E-state index contributed by atoms with van der Waals surface area (Å²) in [6.45, 7) is 3.59. The van der Waals surface area contributed by atoms with Gasteiger partial charge in [0.05, 0.1) is 27.3 Å². The summed E-state index contributed by atoms with van der Waals surface area (Å²) < 4.78 is 49.7. The number of para-hydroxylation sites is 2. The maximum Gasteiger partial charge on any atom is 0.418 e. The average molecular weight is 718 g/mol. The molecule has 15 heteroatoms. The van der Waals surface area contributed by atoms with Crippen LogP contribution in [-0.4, -0.2) is 119 Å². The minimum atomic E-state index is -4.70. The molecule has 7 rings (SSSR count). The zero-order valence-electron chi connectivity index (χ0n) is 28.2. The number of aromatic amines is 1. The van der Waals surface area contributed by atoms with Crippen LogP contribution in [0.15, 0.2) is 41.2 Å². The maximum absolute atomic E-state index is 14.1. The molecule has 3 aromatic rings. The van der Waals surface area contributed by atoms with Gasteiger partial charge in [-0.3, -0.25) is 14.3 Å². The number of benzene rings is 2. The third-order valence-electron chi connectivity index (χ3n) is 11.2. The highest BCUT2D eigenvalue weighted by atomic mass is 35.5. The second-order valence-corrected chi connectivity index (χ2v) is 14.5. The maximum atomic E-state index is 14.1. The third kappa shape index (κ3) is 6.69. The number of likely N-dealkylation sites (tertiary alicyclic amines) is 4. The molecule has 2 aromatic carbocycles. The highest BCUT2D eigenvalue weighted by Crippen LogP contribution is 2.40. The van der Waals surface area contributed by atoms with Gasteiger partial charge in [0.25, 0.3) is 5.91 Å². The van der Waals surface area contributed by atoms with Crippen molar-refractivity contribution in [3.05, 3.63) is 63.0 Å². The zero-order chi connectivity index (χ0) is 35.3. The van der Waals surface area contributed by atoms with E-state index in [2.05, 4.69) is 27.1 Å². The molecule has 0 saturated carbocycles. The Morgan fingerprint density at radius 3 is 2.30 bits per heavy atom. The van der Waals surface area contributed by atoms with Crippen molar-refractivity contribution < 1.29 is 27.5 Å². The molecule has 2 unspecified atom stereocenters. The van der Waals surface area contributed by atoms with Crippen LogP contribution in [0.4, 0.5) is 23.7 Å². The molecular formula is C35H43ClF3N7O4. The monoisotopic (exact) mass is 717 g/mol. The number of carbonyl (C=O) groups excluding carboxylic acids is 2. The van der Waals surface area contributed by atoms with Crippen molar-refractivity contribution in [3.8, 4) is 0 Å². The summed E-state index contributed by atoms with van der Waals surface area (Å²) >= 11 is 6.29. The number of aromatic nitrogens is 2. The van der Waals surface area contributed by atoms with Crippen LogP contribution < -0.4 is 11.0 Å². The van der Waals surface area contributed by atoms with E-state index < -0.39 is 29.8 Å². The number of nitrogens with zero attached hydrogens (tertiary/aromatic N) is 5. The molecule has 3 atom stereocenters. The Hall–Kier alpha value is -3.75. The van der Waals surface area contributed by atoms with Crippen LogP contribution in [0, 0.1) is 0 Å². The number of amides is 2. The molecular weight excluding hydrogens is 675 g/mol. The first-order valence-corrected chi connectivity index (χ1v) is 17.8. The van der Waals surface area contributed by atoms with Crippen LogP contribution in [-0.2, 0) is 22.1 Å². The van der Waals surface area contributed by atoms with Crippen molar-refractivity contribution in [1.29, 1.82) is 0 Å². The van der Waals surface area contributed by atoms with E-state index in [1.807, 2.05) is 24.3 Å². The van der Waals surface area contributed by atoms with Crippen LogP contribution in [0.5, 0.6) is 0 Å². The van der Waals surface area contributed by atoms with Gasteiger partial charge in [0.2, 0.25) is 0 Å². The number of nitrogens with one attached hydrogen (secondary N) is 2. The van der Waals surface area contributed by atoms with Crippen molar-refractivity contribution in [1.82, 2.24) is 29.2 Å². The Balaban J connectivity index is 1.06. The number of halogens is 4. The van der Waals surface area contributed by atoms with Crippen LogP contribution in [0.3, 0.4) is 0 Å². The summed E-state index contributed by atoms with van der Waals surface area (Å²) in [5, 5.41) is 2.38. The zero-order valence-corrected chi connectivity index (χ0v) is 29.0. The first kappa shape index (κ1) is 34.7. The van der Waals surface area contributed by atoms with Gasteiger partial charge in [0.1, 0.15) is 0 Å². The van der Waals surface area contributed by atoms with E-state index >= 15 is 0 Å². The number of hydrogen-bond acceptors (Lipinski definition) is 7. The van der Waals surface area contributed by atoms with Crippen LogP contribution in [0.1, 0.15) is 49.3 Å². The van der Waals surface area contributed by atoms with Crippen LogP contribution in [0.2, 0.25) is 5.02 Å². The number of ether oxygens (including phenoxy) is 1. The summed E-state index contributed by atoms with van der Waals surface area (Å²) in [6.07, 6.45) is -3.31. The lowest BCUT2D eigenvalue weighted by Crippen LogP contribution is -2.54. The molecule has 50 heavy (non-hydrogen) atoms. The number of piperazine rings is 1. The highest BCUT2D eigenvalue weighted by molar-refractivity contribution is 6.33. The van der Waals surface area contributed by atoms with Gasteiger partial charge in [-0.15, -0.1) is 0 Å². The van der Waals surface area contributed by atoms with E-state index in [0.717, 1.165) is 49.5 Å². The molecule has 5 heterocycles. The molecule has 0 spiro atoms. The smallest absolute Gasteiger partial charge is 0.418 e. The standard InChI is InChI=1S/C35H43ClF3N7O4/c1-40-31-26(35(37,38)39)15-21(16-27(31)36)17-30(32(47)43-11-7-22(8-12-43)45-20-24-18-25(45)19-42(24)2)50-34(49)44-13-9-23(10-14-44)46-29-6-4-3-5-28(29)41-33(46)48/h3-6,15-16,22-25,30,40H,7-14,17-20H2,1-2H3,(H,41,48)/t24?,25?,30-/m1/s1. The molecule has 4 aliphatic rings. The van der Waals surface area contributed by atoms with Crippen molar-refractivity contribution in [3.63, 3.8) is 0 Å². The van der Waals surface area contributed by atoms with Gasteiger partial charge in [-0.05, 0) is 69.0 Å². The fraction of sp³-hybridized carbons (Fsp3) is 0.571. The lowest BCUT2D eigenvalue weighted by molar-refractivity contribution is -0.142. The van der Waals surface area contributed by atoms with Crippen molar-refractivity contribution in [2.24, 2.45) is 0 Å². The van der Waals surface area contributed by atoms with Crippen molar-refractivity contribution >= 4 is 40.3 Å². The van der Waals surface area contributed by atoms with E-state index in [-0.39, 0.29) is 47.5 Å². The van der Waals surface area contributed by atoms with E-state index in [4.69, 9.17) is 16.3 Å². The summed E-state index contributed by atoms with van der Waals surface area (Å²) in [5.74, 6) is -0.429. The van der Waals surface area contributed by atoms with E-state index in [1.54, 1.807) is 9.47 Å². The normalized spacial score (nSPS) is 23.2. The van der Waals surface area contributed by atoms with Crippen LogP contribution >= 0.6 is 11.6 Å². The van der Waals surface area contributed by atoms with E-state index in [0.29, 0.717) is 44.1 Å². The average Bonchev–Trinajstić information content (AvgIpc) is 3.78. The number of rotatable bonds is 7. The quantitative estimate of drug-likeness (QED) is 0.362. The van der Waals surface area contributed by atoms with E-state index in [9.17, 15) is 27.6 Å². The molecule has 11 nitrogen and oxygen atoms in total. The number of carbonyl (C=O) groups is 2. The fourth-order valence-electron chi connectivity index (χ4n) is 8.56. The molecule has 4 fully saturated rings. The molecule has 270 valence electrons. The van der Waals surface area contributed by atoms with Crippen LogP contribution in [0.25, 0.3) is 11.0 Å². The highest BCUT2D eigenvalue weighted by Gasteiger charge is 2.45. The predicted molar refractivity (Wildman–Crippen MR) is 184 cm³/mol. The number of hydrogen-bond donors (Lipinski definition) is 2. The van der Waals surface area contributed by atoms with Gasteiger partial charge in [0.15, 0.2) is 6.10 Å². The minimum absolute atomic E-state index is 0.136. The number of H-pyrrole nitrogens is 1. The summed E-state index contributed by atoms with van der Waals surface area (Å²) in [6, 6.07) is 11.1. The Bertz CT molecular complexity index is 1800. The number of piperidine rings is 2. The molecule has 4 saturated heterocycles. The van der Waals surface area contributed by atoms with Gasteiger partial charge in [-0.1, -0.05) is 23.7 Å². The fourth-order valence-corrected chi connectivity index (χ4v) is 8.89. The summed E-state index contributed by atoms with van der Waals surface area (Å²) in [7, 11) is 3.52. The second kappa shape index (κ2) is 13.8. The largest absolute Gasteiger partial charge is 0.436 e. The van der Waals surface area contributed by atoms with E-state index in [1.165, 1.54) is 18.0 Å². The van der Waals surface area contributed by atoms with Gasteiger partial charge in [0, 0.05) is 76.9 Å². The molecule has 0 radical (unpaired) electrons. The Labute approximate surface area is 293 Å². The van der Waals surface area contributed by atoms with Gasteiger partial charge >= 0.3 is 18.0 Å². The van der Waals surface area contributed by atoms with Gasteiger partial charge in [-0.2, -0.15) is 13.2 Å². The summed E-state index contributed by atoms with van der Waals surface area (Å²) in [5.41, 5.74) is 0.231. The molecule has 0 aliphatic carbocycles. The molecule has 1 aromatic heterocycles. The van der Waals surface area contributed by atoms with Crippen molar-refractivity contribution in [2.75, 3.05) is 58.7 Å². The number of imidazole rings is 1. The first-order chi connectivity index (χ1) is 23.9. The molecule has 4 aliphatic heterocycles. The number of fused-ring (bicyclic) bond motifs is 3. The Kier molecular flexibility index (Phi) is 9.54. The number of likely N-dealkylation sites (N-methyl/N-ethyl adjacent to an activating group) is 1. The second-order valence-electron chi connectivity index (χ2n) is 14.1. The lowest BCUT2D eigenvalue weighted by atomic mass is 9.99. The molecule has 2 N–H and O–H groups in total. The SMILES string of the molecule is CNc1c(Cl)cc(C[C@@H](OC(=O)N2CCC(n3c(=O)[nH]c4ccccc43)CC2)C(=O)N2CCC(N3CC4CC3CN4C)CC2)cc1C(F)(F)F. The van der Waals surface area contributed by atoms with Gasteiger partial charge < -0.3 is 29.7 Å². The number of alkyl halides is 3. The summed E-state index contributed by atoms with van der Waals surface area (Å²) in [4.78, 5) is 51.5. The predicted octanol–water partition coefficient (Wildman–Crippen LogP) is 4.81. The number of anilines is 1. The molecule has 2 bridgehead atoms. The van der Waals surface area contributed by atoms with Gasteiger partial charge in [-0.25, -0.2) is 9.59 Å². The lowest BCUT2D eigenvalue weighted by Gasteiger charge is -2.42. The minimum Gasteiger partial charge on any atom is -0.436 e. The first-order valence-electron chi connectivity index (χ1n) is 17.4. The molecule has 2 amide bonds. The Morgan fingerprint density at radius 1 is 0.980 bits per heavy atom.